The number of nitrogens with two attached hydrogens (primary N) is 1. The number of hydrogen-bond acceptors (Lipinski definition) is 4. The topological polar surface area (TPSA) is 60.9 Å². The van der Waals surface area contributed by atoms with E-state index in [1.807, 2.05) is 13.8 Å². The van der Waals surface area contributed by atoms with Crippen molar-refractivity contribution in [2.75, 3.05) is 5.73 Å². The predicted molar refractivity (Wildman–Crippen MR) is 61.6 cm³/mol. The van der Waals surface area contributed by atoms with Crippen molar-refractivity contribution in [3.8, 4) is 5.13 Å². The van der Waals surface area contributed by atoms with Crippen LogP contribution in [0.5, 0.6) is 0 Å². The molecule has 5 heteroatoms. The van der Waals surface area contributed by atoms with E-state index in [9.17, 15) is 4.79 Å². The average Bonchev–Trinajstić information content (AvgIpc) is 2.51. The molecule has 0 bridgehead atoms. The highest BCUT2D eigenvalue weighted by Gasteiger charge is 2.07. The molecule has 0 radical (unpaired) electrons. The quantitative estimate of drug-likeness (QED) is 0.793. The molecule has 2 N–H and O–H groups in total. The van der Waals surface area contributed by atoms with E-state index in [4.69, 9.17) is 5.73 Å². The van der Waals surface area contributed by atoms with Crippen LogP contribution in [0.25, 0.3) is 5.13 Å². The van der Waals surface area contributed by atoms with E-state index >= 15 is 0 Å². The maximum atomic E-state index is 11.7. The smallest absolute Gasteiger partial charge is 0.280 e. The first-order valence-electron chi connectivity index (χ1n) is 4.51. The van der Waals surface area contributed by atoms with Crippen LogP contribution in [0.4, 0.5) is 5.69 Å². The zero-order valence-electron chi connectivity index (χ0n) is 8.52. The maximum Gasteiger partial charge on any atom is 0.280 e. The standard InChI is InChI=1S/C10H11N3OS/c1-6-7(2)15-10(12-6)13-5-3-4-8(11)9(13)14/h3-5H,11H2,1-2H3. The number of anilines is 1. The summed E-state index contributed by atoms with van der Waals surface area (Å²) >= 11 is 1.49. The molecular weight excluding hydrogens is 210 g/mol. The Balaban J connectivity index is 2.64. The molecule has 0 aliphatic rings. The van der Waals surface area contributed by atoms with Crippen molar-refractivity contribution < 1.29 is 0 Å². The molecule has 0 saturated heterocycles. The number of nitrogen functional groups attached to an aromatic ring is 1. The molecule has 0 aliphatic heterocycles. The lowest BCUT2D eigenvalue weighted by atomic mass is 10.4. The van der Waals surface area contributed by atoms with E-state index in [1.54, 1.807) is 18.3 Å². The minimum Gasteiger partial charge on any atom is -0.394 e. The molecule has 78 valence electrons. The summed E-state index contributed by atoms with van der Waals surface area (Å²) in [6, 6.07) is 3.33. The first-order chi connectivity index (χ1) is 7.09. The number of hydrogen-bond donors (Lipinski definition) is 1. The van der Waals surface area contributed by atoms with Crippen molar-refractivity contribution in [3.05, 3.63) is 39.3 Å². The van der Waals surface area contributed by atoms with Gasteiger partial charge in [-0.15, -0.1) is 11.3 Å². The molecule has 2 rings (SSSR count). The Hall–Kier alpha value is -1.62. The van der Waals surface area contributed by atoms with E-state index in [2.05, 4.69) is 4.98 Å². The summed E-state index contributed by atoms with van der Waals surface area (Å²) in [4.78, 5) is 17.1. The minimum absolute atomic E-state index is 0.216. The molecule has 0 fully saturated rings. The highest BCUT2D eigenvalue weighted by molar-refractivity contribution is 7.14. The SMILES string of the molecule is Cc1nc(-n2cccc(N)c2=O)sc1C. The Morgan fingerprint density at radius 3 is 2.80 bits per heavy atom. The second kappa shape index (κ2) is 3.51. The van der Waals surface area contributed by atoms with Gasteiger partial charge >= 0.3 is 0 Å². The number of nitrogens with zero attached hydrogens (tertiary/aromatic N) is 2. The van der Waals surface area contributed by atoms with Crippen molar-refractivity contribution in [1.82, 2.24) is 9.55 Å². The fourth-order valence-electron chi connectivity index (χ4n) is 1.22. The number of rotatable bonds is 1. The van der Waals surface area contributed by atoms with E-state index in [0.29, 0.717) is 5.13 Å². The van der Waals surface area contributed by atoms with Gasteiger partial charge in [-0.05, 0) is 26.0 Å². The van der Waals surface area contributed by atoms with E-state index in [0.717, 1.165) is 10.6 Å². The Bertz CT molecular complexity index is 537. The zero-order valence-corrected chi connectivity index (χ0v) is 9.34. The number of pyridine rings is 1. The van der Waals surface area contributed by atoms with Gasteiger partial charge in [0.2, 0.25) is 0 Å². The second-order valence-electron chi connectivity index (χ2n) is 3.28. The summed E-state index contributed by atoms with van der Waals surface area (Å²) in [5, 5.41) is 0.669. The first-order valence-corrected chi connectivity index (χ1v) is 5.33. The lowest BCUT2D eigenvalue weighted by Crippen LogP contribution is -2.20. The highest BCUT2D eigenvalue weighted by atomic mass is 32.1. The molecule has 0 spiro atoms. The summed E-state index contributed by atoms with van der Waals surface area (Å²) in [7, 11) is 0. The molecule has 0 aliphatic carbocycles. The van der Waals surface area contributed by atoms with Crippen LogP contribution in [0.3, 0.4) is 0 Å². The number of thiazole rings is 1. The van der Waals surface area contributed by atoms with E-state index in [1.165, 1.54) is 15.9 Å². The van der Waals surface area contributed by atoms with Gasteiger partial charge in [-0.1, -0.05) is 0 Å². The van der Waals surface area contributed by atoms with Crippen molar-refractivity contribution in [3.63, 3.8) is 0 Å². The van der Waals surface area contributed by atoms with E-state index < -0.39 is 0 Å². The van der Waals surface area contributed by atoms with Crippen LogP contribution in [0.15, 0.2) is 23.1 Å². The molecule has 15 heavy (non-hydrogen) atoms. The average molecular weight is 221 g/mol. The third kappa shape index (κ3) is 1.66. The molecule has 0 atom stereocenters. The van der Waals surface area contributed by atoms with Crippen molar-refractivity contribution in [1.29, 1.82) is 0 Å². The molecule has 0 saturated carbocycles. The lowest BCUT2D eigenvalue weighted by molar-refractivity contribution is 0.966. The zero-order chi connectivity index (χ0) is 11.0. The van der Waals surface area contributed by atoms with Gasteiger partial charge < -0.3 is 5.73 Å². The molecule has 0 unspecified atom stereocenters. The minimum atomic E-state index is -0.216. The van der Waals surface area contributed by atoms with Crippen LogP contribution in [0, 0.1) is 13.8 Å². The Morgan fingerprint density at radius 2 is 2.20 bits per heavy atom. The first kappa shape index (κ1) is 9.92. The van der Waals surface area contributed by atoms with Crippen molar-refractivity contribution >= 4 is 17.0 Å². The van der Waals surface area contributed by atoms with Gasteiger partial charge in [0.25, 0.3) is 5.56 Å². The monoisotopic (exact) mass is 221 g/mol. The van der Waals surface area contributed by atoms with Gasteiger partial charge in [0.05, 0.1) is 11.4 Å². The second-order valence-corrected chi connectivity index (χ2v) is 4.46. The predicted octanol–water partition coefficient (Wildman–Crippen LogP) is 1.49. The molecule has 2 heterocycles. The third-order valence-corrected chi connectivity index (χ3v) is 3.27. The lowest BCUT2D eigenvalue weighted by Gasteiger charge is -2.00. The summed E-state index contributed by atoms with van der Waals surface area (Å²) < 4.78 is 1.47. The third-order valence-electron chi connectivity index (χ3n) is 2.20. The van der Waals surface area contributed by atoms with Gasteiger partial charge in [0.15, 0.2) is 5.13 Å². The van der Waals surface area contributed by atoms with Crippen molar-refractivity contribution in [2.45, 2.75) is 13.8 Å². The van der Waals surface area contributed by atoms with Gasteiger partial charge in [-0.2, -0.15) is 0 Å². The normalized spacial score (nSPS) is 10.5. The van der Waals surface area contributed by atoms with Gasteiger partial charge in [-0.3, -0.25) is 9.36 Å². The number of aryl methyl sites for hydroxylation is 2. The van der Waals surface area contributed by atoms with Crippen LogP contribution in [-0.4, -0.2) is 9.55 Å². The van der Waals surface area contributed by atoms with Crippen LogP contribution < -0.4 is 11.3 Å². The van der Waals surface area contributed by atoms with Crippen LogP contribution in [0.2, 0.25) is 0 Å². The van der Waals surface area contributed by atoms with Crippen LogP contribution >= 0.6 is 11.3 Å². The molecule has 2 aromatic heterocycles. The molecule has 0 amide bonds. The Kier molecular flexibility index (Phi) is 2.32. The summed E-state index contributed by atoms with van der Waals surface area (Å²) in [5.41, 5.74) is 6.52. The van der Waals surface area contributed by atoms with Gasteiger partial charge in [-0.25, -0.2) is 4.98 Å². The Morgan fingerprint density at radius 1 is 1.47 bits per heavy atom. The van der Waals surface area contributed by atoms with E-state index in [-0.39, 0.29) is 11.2 Å². The largest absolute Gasteiger partial charge is 0.394 e. The molecule has 4 nitrogen and oxygen atoms in total. The summed E-state index contributed by atoms with van der Waals surface area (Å²) in [5.74, 6) is 0. The Labute approximate surface area is 91.0 Å². The molecule has 2 aromatic rings. The molecule has 0 aromatic carbocycles. The summed E-state index contributed by atoms with van der Waals surface area (Å²) in [6.45, 7) is 3.90. The maximum absolute atomic E-state index is 11.7. The summed E-state index contributed by atoms with van der Waals surface area (Å²) in [6.07, 6.45) is 1.68. The van der Waals surface area contributed by atoms with Gasteiger partial charge in [0.1, 0.15) is 0 Å². The van der Waals surface area contributed by atoms with Crippen molar-refractivity contribution in [2.24, 2.45) is 0 Å². The van der Waals surface area contributed by atoms with Crippen LogP contribution in [-0.2, 0) is 0 Å². The van der Waals surface area contributed by atoms with Gasteiger partial charge in [0, 0.05) is 11.1 Å². The fourth-order valence-corrected chi connectivity index (χ4v) is 2.11. The van der Waals surface area contributed by atoms with Crippen LogP contribution in [0.1, 0.15) is 10.6 Å². The highest BCUT2D eigenvalue weighted by Crippen LogP contribution is 2.19. The number of aromatic nitrogens is 2. The molecular formula is C10H11N3OS. The fraction of sp³-hybridized carbons (Fsp3) is 0.200.